The minimum absolute atomic E-state index is 0.168. The van der Waals surface area contributed by atoms with Crippen LogP contribution in [0, 0.1) is 29.3 Å². The van der Waals surface area contributed by atoms with E-state index in [4.69, 9.17) is 0 Å². The van der Waals surface area contributed by atoms with Gasteiger partial charge >= 0.3 is 6.11 Å². The van der Waals surface area contributed by atoms with E-state index < -0.39 is 29.1 Å². The summed E-state index contributed by atoms with van der Waals surface area (Å²) in [4.78, 5) is 0. The van der Waals surface area contributed by atoms with Gasteiger partial charge in [0.1, 0.15) is 5.75 Å². The number of halogens is 5. The highest BCUT2D eigenvalue weighted by molar-refractivity contribution is 5.51. The van der Waals surface area contributed by atoms with Gasteiger partial charge in [-0.1, -0.05) is 44.1 Å². The van der Waals surface area contributed by atoms with E-state index in [1.165, 1.54) is 25.0 Å². The van der Waals surface area contributed by atoms with E-state index in [2.05, 4.69) is 17.7 Å². The Morgan fingerprint density at radius 1 is 0.929 bits per heavy atom. The van der Waals surface area contributed by atoms with Crippen molar-refractivity contribution in [2.45, 2.75) is 38.7 Å². The fraction of sp³-hybridized carbons (Fsp3) is 0.364. The first-order valence-corrected chi connectivity index (χ1v) is 9.24. The van der Waals surface area contributed by atoms with Crippen molar-refractivity contribution >= 4 is 6.08 Å². The Labute approximate surface area is 160 Å². The minimum atomic E-state index is -4.01. The molecule has 6 heteroatoms. The fourth-order valence-electron chi connectivity index (χ4n) is 3.30. The van der Waals surface area contributed by atoms with E-state index in [1.807, 2.05) is 6.08 Å². The molecule has 3 rings (SSSR count). The lowest BCUT2D eigenvalue weighted by Crippen LogP contribution is -2.22. The van der Waals surface area contributed by atoms with Gasteiger partial charge in [-0.05, 0) is 54.5 Å². The third kappa shape index (κ3) is 4.91. The predicted octanol–water partition coefficient (Wildman–Crippen LogP) is 7.07. The maximum Gasteiger partial charge on any atom is 0.426 e. The summed E-state index contributed by atoms with van der Waals surface area (Å²) in [5, 5.41) is 0. The van der Waals surface area contributed by atoms with Gasteiger partial charge in [-0.15, -0.1) is 0 Å². The fourth-order valence-corrected chi connectivity index (χ4v) is 3.30. The average Bonchev–Trinajstić information content (AvgIpc) is 2.66. The monoisotopic (exact) mass is 396 g/mol. The first kappa shape index (κ1) is 20.4. The van der Waals surface area contributed by atoms with Crippen molar-refractivity contribution in [1.82, 2.24) is 0 Å². The van der Waals surface area contributed by atoms with Crippen molar-refractivity contribution in [1.29, 1.82) is 0 Å². The van der Waals surface area contributed by atoms with Crippen LogP contribution in [-0.2, 0) is 6.11 Å². The lowest BCUT2D eigenvalue weighted by Gasteiger charge is -2.23. The molecule has 0 atom stereocenters. The van der Waals surface area contributed by atoms with Gasteiger partial charge in [0.05, 0.1) is 5.56 Å². The molecule has 0 saturated heterocycles. The molecule has 28 heavy (non-hydrogen) atoms. The van der Waals surface area contributed by atoms with Crippen LogP contribution in [0.5, 0.6) is 5.75 Å². The normalized spacial score (nSPS) is 20.5. The third-order valence-corrected chi connectivity index (χ3v) is 5.07. The maximum absolute atomic E-state index is 14.2. The van der Waals surface area contributed by atoms with Crippen molar-refractivity contribution in [3.05, 3.63) is 71.1 Å². The highest BCUT2D eigenvalue weighted by Crippen LogP contribution is 2.33. The minimum Gasteiger partial charge on any atom is -0.429 e. The molecule has 0 radical (unpaired) electrons. The standard InChI is InChI=1S/C22H21F5O/c1-14-2-4-15(5-3-14)6-7-16-8-10-18(11-9-16)28-22(26,27)17-12-19(23)21(25)20(24)13-17/h6-15H,2-5H2,1H3/b7-6+. The van der Waals surface area contributed by atoms with Gasteiger partial charge in [-0.25, -0.2) is 13.2 Å². The Morgan fingerprint density at radius 2 is 1.50 bits per heavy atom. The van der Waals surface area contributed by atoms with Crippen LogP contribution in [0.2, 0.25) is 0 Å². The highest BCUT2D eigenvalue weighted by atomic mass is 19.3. The Bertz CT molecular complexity index is 814. The lowest BCUT2D eigenvalue weighted by atomic mass is 9.83. The van der Waals surface area contributed by atoms with Crippen LogP contribution >= 0.6 is 0 Å². The molecular weight excluding hydrogens is 375 g/mol. The number of rotatable bonds is 5. The first-order chi connectivity index (χ1) is 13.2. The topological polar surface area (TPSA) is 9.23 Å². The van der Waals surface area contributed by atoms with Crippen LogP contribution in [0.4, 0.5) is 22.0 Å². The molecule has 2 aromatic carbocycles. The molecule has 0 aromatic heterocycles. The molecule has 0 aliphatic heterocycles. The van der Waals surface area contributed by atoms with E-state index in [0.29, 0.717) is 5.92 Å². The van der Waals surface area contributed by atoms with Gasteiger partial charge in [0.25, 0.3) is 0 Å². The zero-order valence-electron chi connectivity index (χ0n) is 15.4. The summed E-state index contributed by atoms with van der Waals surface area (Å²) in [7, 11) is 0. The second-order valence-electron chi connectivity index (χ2n) is 7.32. The van der Waals surface area contributed by atoms with Crippen LogP contribution in [0.15, 0.2) is 42.5 Å². The van der Waals surface area contributed by atoms with E-state index in [-0.39, 0.29) is 17.9 Å². The molecule has 0 spiro atoms. The number of hydrogen-bond donors (Lipinski definition) is 0. The average molecular weight is 396 g/mol. The molecule has 0 bridgehead atoms. The Morgan fingerprint density at radius 3 is 2.07 bits per heavy atom. The van der Waals surface area contributed by atoms with Gasteiger partial charge in [0.2, 0.25) is 0 Å². The van der Waals surface area contributed by atoms with Crippen molar-refractivity contribution in [3.63, 3.8) is 0 Å². The Balaban J connectivity index is 1.66. The lowest BCUT2D eigenvalue weighted by molar-refractivity contribution is -0.185. The van der Waals surface area contributed by atoms with Crippen LogP contribution < -0.4 is 4.74 Å². The summed E-state index contributed by atoms with van der Waals surface area (Å²) in [6, 6.07) is 6.40. The number of allylic oxidation sites excluding steroid dienone is 1. The molecule has 0 amide bonds. The maximum atomic E-state index is 14.2. The quantitative estimate of drug-likeness (QED) is 0.388. The van der Waals surface area contributed by atoms with Crippen molar-refractivity contribution in [2.24, 2.45) is 11.8 Å². The smallest absolute Gasteiger partial charge is 0.426 e. The SMILES string of the molecule is CC1CCC(/C=C/c2ccc(OC(F)(F)c3cc(F)c(F)c(F)c3)cc2)CC1. The number of benzene rings is 2. The number of alkyl halides is 2. The molecule has 1 nitrogen and oxygen atoms in total. The summed E-state index contributed by atoms with van der Waals surface area (Å²) in [5.41, 5.74) is -0.257. The van der Waals surface area contributed by atoms with Crippen LogP contribution in [-0.4, -0.2) is 0 Å². The van der Waals surface area contributed by atoms with Crippen LogP contribution in [0.1, 0.15) is 43.7 Å². The van der Waals surface area contributed by atoms with Crippen molar-refractivity contribution in [3.8, 4) is 5.75 Å². The molecule has 0 heterocycles. The van der Waals surface area contributed by atoms with E-state index in [9.17, 15) is 22.0 Å². The Hall–Kier alpha value is -2.37. The van der Waals surface area contributed by atoms with Gasteiger partial charge in [0.15, 0.2) is 17.5 Å². The van der Waals surface area contributed by atoms with E-state index in [0.717, 1.165) is 24.3 Å². The molecule has 0 unspecified atom stereocenters. The summed E-state index contributed by atoms with van der Waals surface area (Å²) >= 11 is 0. The zero-order valence-corrected chi connectivity index (χ0v) is 15.4. The third-order valence-electron chi connectivity index (χ3n) is 5.07. The largest absolute Gasteiger partial charge is 0.429 e. The molecule has 1 aliphatic rings. The van der Waals surface area contributed by atoms with E-state index >= 15 is 0 Å². The molecule has 0 N–H and O–H groups in total. The van der Waals surface area contributed by atoms with E-state index in [1.54, 1.807) is 12.1 Å². The van der Waals surface area contributed by atoms with Gasteiger partial charge < -0.3 is 4.74 Å². The number of ether oxygens (including phenoxy) is 1. The van der Waals surface area contributed by atoms with Crippen molar-refractivity contribution < 1.29 is 26.7 Å². The summed E-state index contributed by atoms with van der Waals surface area (Å²) < 4.78 is 72.3. The second kappa shape index (κ2) is 8.33. The molecular formula is C22H21F5O. The summed E-state index contributed by atoms with van der Waals surface area (Å²) in [6.45, 7) is 2.25. The predicted molar refractivity (Wildman–Crippen MR) is 97.4 cm³/mol. The molecule has 1 fully saturated rings. The molecule has 1 aliphatic carbocycles. The first-order valence-electron chi connectivity index (χ1n) is 9.24. The number of hydrogen-bond acceptors (Lipinski definition) is 1. The second-order valence-corrected chi connectivity index (χ2v) is 7.32. The molecule has 2 aromatic rings. The van der Waals surface area contributed by atoms with Crippen LogP contribution in [0.3, 0.4) is 0 Å². The van der Waals surface area contributed by atoms with Crippen LogP contribution in [0.25, 0.3) is 6.08 Å². The van der Waals surface area contributed by atoms with Crippen molar-refractivity contribution in [2.75, 3.05) is 0 Å². The van der Waals surface area contributed by atoms with Gasteiger partial charge in [-0.3, -0.25) is 0 Å². The van der Waals surface area contributed by atoms with Gasteiger partial charge in [0, 0.05) is 0 Å². The zero-order chi connectivity index (χ0) is 20.3. The van der Waals surface area contributed by atoms with Gasteiger partial charge in [-0.2, -0.15) is 8.78 Å². The summed E-state index contributed by atoms with van der Waals surface area (Å²) in [6.07, 6.45) is 4.80. The summed E-state index contributed by atoms with van der Waals surface area (Å²) in [5.74, 6) is -4.07. The molecule has 1 saturated carbocycles. The molecule has 150 valence electrons. The highest BCUT2D eigenvalue weighted by Gasteiger charge is 2.36. The Kier molecular flexibility index (Phi) is 6.06.